The van der Waals surface area contributed by atoms with E-state index < -0.39 is 0 Å². The molecule has 0 radical (unpaired) electrons. The molecule has 0 amide bonds. The Morgan fingerprint density at radius 2 is 2.42 bits per heavy atom. The fourth-order valence-corrected chi connectivity index (χ4v) is 1.77. The van der Waals surface area contributed by atoms with Crippen molar-refractivity contribution >= 4 is 0 Å². The number of nitriles is 1. The van der Waals surface area contributed by atoms with E-state index >= 15 is 0 Å². The standard InChI is InChI=1S/C9H13NO2/c10-6-9(4-8-5-12-8)2-1-3-11-7-9/h8H,1-5,7H2/t8-,9-/m0/s1. The van der Waals surface area contributed by atoms with E-state index in [4.69, 9.17) is 14.7 Å². The summed E-state index contributed by atoms with van der Waals surface area (Å²) in [5, 5.41) is 9.03. The Morgan fingerprint density at radius 3 is 2.92 bits per heavy atom. The molecule has 2 heterocycles. The maximum atomic E-state index is 9.03. The van der Waals surface area contributed by atoms with Gasteiger partial charge in [0, 0.05) is 6.61 Å². The van der Waals surface area contributed by atoms with Gasteiger partial charge in [0.2, 0.25) is 0 Å². The van der Waals surface area contributed by atoms with E-state index in [0.717, 1.165) is 32.5 Å². The SMILES string of the molecule is N#C[C@@]1(C[C@H]2CO2)CCCOC1. The quantitative estimate of drug-likeness (QED) is 0.578. The molecule has 0 spiro atoms. The third-order valence-corrected chi connectivity index (χ3v) is 2.58. The van der Waals surface area contributed by atoms with Crippen LogP contribution in [0, 0.1) is 16.7 Å². The molecule has 3 heteroatoms. The van der Waals surface area contributed by atoms with Crippen LogP contribution in [0.15, 0.2) is 0 Å². The van der Waals surface area contributed by atoms with Crippen molar-refractivity contribution in [2.75, 3.05) is 19.8 Å². The van der Waals surface area contributed by atoms with E-state index in [9.17, 15) is 0 Å². The van der Waals surface area contributed by atoms with Gasteiger partial charge in [0.25, 0.3) is 0 Å². The van der Waals surface area contributed by atoms with Gasteiger partial charge in [0.15, 0.2) is 0 Å². The minimum absolute atomic E-state index is 0.237. The van der Waals surface area contributed by atoms with Crippen LogP contribution in [0.1, 0.15) is 19.3 Å². The smallest absolute Gasteiger partial charge is 0.0833 e. The van der Waals surface area contributed by atoms with Crippen molar-refractivity contribution in [1.82, 2.24) is 0 Å². The van der Waals surface area contributed by atoms with Gasteiger partial charge >= 0.3 is 0 Å². The highest BCUT2D eigenvalue weighted by atomic mass is 16.6. The highest BCUT2D eigenvalue weighted by Gasteiger charge is 2.39. The molecule has 0 N–H and O–H groups in total. The van der Waals surface area contributed by atoms with Crippen molar-refractivity contribution in [3.63, 3.8) is 0 Å². The maximum absolute atomic E-state index is 9.03. The normalized spacial score (nSPS) is 40.4. The van der Waals surface area contributed by atoms with E-state index in [0.29, 0.717) is 12.7 Å². The van der Waals surface area contributed by atoms with Crippen LogP contribution < -0.4 is 0 Å². The second-order valence-corrected chi connectivity index (χ2v) is 3.71. The summed E-state index contributed by atoms with van der Waals surface area (Å²) < 4.78 is 10.5. The van der Waals surface area contributed by atoms with Gasteiger partial charge in [0.1, 0.15) is 0 Å². The van der Waals surface area contributed by atoms with Crippen LogP contribution in [0.4, 0.5) is 0 Å². The molecule has 0 saturated carbocycles. The van der Waals surface area contributed by atoms with E-state index in [-0.39, 0.29) is 5.41 Å². The van der Waals surface area contributed by atoms with Crippen molar-refractivity contribution in [2.45, 2.75) is 25.4 Å². The van der Waals surface area contributed by atoms with E-state index in [1.807, 2.05) is 0 Å². The zero-order valence-electron chi connectivity index (χ0n) is 7.08. The number of nitrogens with zero attached hydrogens (tertiary/aromatic N) is 1. The van der Waals surface area contributed by atoms with Gasteiger partial charge in [-0.25, -0.2) is 0 Å². The van der Waals surface area contributed by atoms with Gasteiger partial charge in [-0.2, -0.15) is 5.26 Å². The van der Waals surface area contributed by atoms with E-state index in [1.165, 1.54) is 0 Å². The molecule has 2 rings (SSSR count). The summed E-state index contributed by atoms with van der Waals surface area (Å²) in [5.74, 6) is 0. The van der Waals surface area contributed by atoms with Gasteiger partial charge in [0.05, 0.1) is 30.8 Å². The second-order valence-electron chi connectivity index (χ2n) is 3.71. The van der Waals surface area contributed by atoms with Gasteiger partial charge < -0.3 is 9.47 Å². The number of hydrogen-bond acceptors (Lipinski definition) is 3. The van der Waals surface area contributed by atoms with Crippen LogP contribution in [0.3, 0.4) is 0 Å². The molecule has 0 aliphatic carbocycles. The predicted molar refractivity (Wildman–Crippen MR) is 42.5 cm³/mol. The zero-order chi connectivity index (χ0) is 8.44. The first-order valence-corrected chi connectivity index (χ1v) is 4.45. The molecule has 2 atom stereocenters. The number of ether oxygens (including phenoxy) is 2. The Kier molecular flexibility index (Phi) is 2.03. The average molecular weight is 167 g/mol. The molecular formula is C9H13NO2. The predicted octanol–water partition coefficient (Wildman–Crippen LogP) is 1.10. The molecule has 2 fully saturated rings. The maximum Gasteiger partial charge on any atom is 0.0833 e. The zero-order valence-corrected chi connectivity index (χ0v) is 7.08. The topological polar surface area (TPSA) is 45.5 Å². The summed E-state index contributed by atoms with van der Waals surface area (Å²) in [6.07, 6.45) is 3.19. The first-order valence-electron chi connectivity index (χ1n) is 4.45. The number of hydrogen-bond donors (Lipinski definition) is 0. The first-order chi connectivity index (χ1) is 5.85. The van der Waals surface area contributed by atoms with Gasteiger partial charge in [-0.1, -0.05) is 0 Å². The Bertz CT molecular complexity index is 199. The van der Waals surface area contributed by atoms with Crippen LogP contribution in [0.5, 0.6) is 0 Å². The Morgan fingerprint density at radius 1 is 1.58 bits per heavy atom. The van der Waals surface area contributed by atoms with Gasteiger partial charge in [-0.15, -0.1) is 0 Å². The van der Waals surface area contributed by atoms with E-state index in [1.54, 1.807) is 0 Å². The van der Waals surface area contributed by atoms with Crippen LogP contribution in [-0.2, 0) is 9.47 Å². The summed E-state index contributed by atoms with van der Waals surface area (Å²) >= 11 is 0. The molecule has 66 valence electrons. The molecule has 0 aromatic carbocycles. The number of epoxide rings is 1. The summed E-state index contributed by atoms with van der Waals surface area (Å²) in [7, 11) is 0. The van der Waals surface area contributed by atoms with Crippen molar-refractivity contribution in [2.24, 2.45) is 5.41 Å². The van der Waals surface area contributed by atoms with Crippen molar-refractivity contribution in [1.29, 1.82) is 5.26 Å². The molecule has 2 aliphatic rings. The molecule has 12 heavy (non-hydrogen) atoms. The molecule has 0 bridgehead atoms. The molecular weight excluding hydrogens is 154 g/mol. The van der Waals surface area contributed by atoms with Crippen LogP contribution in [0.25, 0.3) is 0 Å². The van der Waals surface area contributed by atoms with Crippen LogP contribution >= 0.6 is 0 Å². The molecule has 0 unspecified atom stereocenters. The lowest BCUT2D eigenvalue weighted by Crippen LogP contribution is -2.31. The summed E-state index contributed by atoms with van der Waals surface area (Å²) in [4.78, 5) is 0. The summed E-state index contributed by atoms with van der Waals surface area (Å²) in [6.45, 7) is 2.25. The summed E-state index contributed by atoms with van der Waals surface area (Å²) in [6, 6.07) is 2.38. The largest absolute Gasteiger partial charge is 0.380 e. The van der Waals surface area contributed by atoms with Gasteiger partial charge in [-0.3, -0.25) is 0 Å². The minimum atomic E-state index is -0.237. The fraction of sp³-hybridized carbons (Fsp3) is 0.889. The Balaban J connectivity index is 1.96. The molecule has 2 saturated heterocycles. The Hall–Kier alpha value is -0.590. The third-order valence-electron chi connectivity index (χ3n) is 2.58. The highest BCUT2D eigenvalue weighted by Crippen LogP contribution is 2.36. The summed E-state index contributed by atoms with van der Waals surface area (Å²) in [5.41, 5.74) is -0.237. The Labute approximate surface area is 72.3 Å². The first kappa shape index (κ1) is 8.03. The lowest BCUT2D eigenvalue weighted by atomic mass is 9.80. The molecule has 3 nitrogen and oxygen atoms in total. The van der Waals surface area contributed by atoms with Gasteiger partial charge in [-0.05, 0) is 19.3 Å². The lowest BCUT2D eigenvalue weighted by Gasteiger charge is -2.29. The van der Waals surface area contributed by atoms with Crippen molar-refractivity contribution in [3.05, 3.63) is 0 Å². The monoisotopic (exact) mass is 167 g/mol. The second kappa shape index (κ2) is 3.04. The van der Waals surface area contributed by atoms with Crippen molar-refractivity contribution < 1.29 is 9.47 Å². The van der Waals surface area contributed by atoms with Crippen molar-refractivity contribution in [3.8, 4) is 6.07 Å². The third kappa shape index (κ3) is 1.60. The lowest BCUT2D eigenvalue weighted by molar-refractivity contribution is 0.0147. The molecule has 0 aromatic heterocycles. The fourth-order valence-electron chi connectivity index (χ4n) is 1.77. The van der Waals surface area contributed by atoms with E-state index in [2.05, 4.69) is 6.07 Å². The number of rotatable bonds is 2. The van der Waals surface area contributed by atoms with Crippen LogP contribution in [0.2, 0.25) is 0 Å². The molecule has 2 aliphatic heterocycles. The minimum Gasteiger partial charge on any atom is -0.380 e. The molecule has 0 aromatic rings. The van der Waals surface area contributed by atoms with Crippen LogP contribution in [-0.4, -0.2) is 25.9 Å². The average Bonchev–Trinajstić information content (AvgIpc) is 2.90. The highest BCUT2D eigenvalue weighted by molar-refractivity contribution is 5.03.